The van der Waals surface area contributed by atoms with Gasteiger partial charge >= 0.3 is 0 Å². The molecular weight excluding hydrogens is 324 g/mol. The van der Waals surface area contributed by atoms with Crippen LogP contribution in [0.15, 0.2) is 23.1 Å². The summed E-state index contributed by atoms with van der Waals surface area (Å²) >= 11 is 0. The summed E-state index contributed by atoms with van der Waals surface area (Å²) in [5.41, 5.74) is 1.21. The molecule has 0 radical (unpaired) electrons. The van der Waals surface area contributed by atoms with Crippen molar-refractivity contribution in [2.24, 2.45) is 5.92 Å². The molecule has 1 heterocycles. The Hall–Kier alpha value is -1.40. The van der Waals surface area contributed by atoms with Crippen LogP contribution < -0.4 is 5.32 Å². The Morgan fingerprint density at radius 3 is 2.67 bits per heavy atom. The number of hydrogen-bond acceptors (Lipinski definition) is 3. The maximum atomic E-state index is 12.9. The first-order valence-corrected chi connectivity index (χ1v) is 10.1. The lowest BCUT2D eigenvalue weighted by Crippen LogP contribution is -2.42. The minimum Gasteiger partial charge on any atom is -0.352 e. The molecule has 24 heavy (non-hydrogen) atoms. The summed E-state index contributed by atoms with van der Waals surface area (Å²) in [5.74, 6) is 0.125. The van der Waals surface area contributed by atoms with Crippen molar-refractivity contribution in [3.63, 3.8) is 0 Å². The minimum absolute atomic E-state index is 0.00303. The van der Waals surface area contributed by atoms with E-state index in [0.29, 0.717) is 24.6 Å². The van der Waals surface area contributed by atoms with Gasteiger partial charge in [0.1, 0.15) is 0 Å². The highest BCUT2D eigenvalue weighted by Crippen LogP contribution is 2.26. The van der Waals surface area contributed by atoms with Crippen LogP contribution in [0.25, 0.3) is 0 Å². The third-order valence-electron chi connectivity index (χ3n) is 4.47. The van der Waals surface area contributed by atoms with Crippen LogP contribution >= 0.6 is 0 Å². The Labute approximate surface area is 145 Å². The fourth-order valence-electron chi connectivity index (χ4n) is 2.96. The van der Waals surface area contributed by atoms with Crippen molar-refractivity contribution in [2.45, 2.75) is 57.9 Å². The molecular formula is C18H28N2O3S. The summed E-state index contributed by atoms with van der Waals surface area (Å²) in [6, 6.07) is 4.84. The van der Waals surface area contributed by atoms with Crippen LogP contribution in [-0.4, -0.2) is 37.8 Å². The molecule has 1 amide bonds. The van der Waals surface area contributed by atoms with E-state index in [9.17, 15) is 13.2 Å². The second-order valence-electron chi connectivity index (χ2n) is 7.04. The molecule has 134 valence electrons. The van der Waals surface area contributed by atoms with Crippen molar-refractivity contribution in [1.82, 2.24) is 9.62 Å². The number of carbonyl (C=O) groups excluding carboxylic acids is 1. The molecule has 1 aliphatic rings. The van der Waals surface area contributed by atoms with Crippen LogP contribution in [-0.2, 0) is 10.0 Å². The second-order valence-corrected chi connectivity index (χ2v) is 8.93. The molecule has 1 unspecified atom stereocenters. The fraction of sp³-hybridized carbons (Fsp3) is 0.611. The first kappa shape index (κ1) is 18.9. The highest BCUT2D eigenvalue weighted by molar-refractivity contribution is 7.89. The van der Waals surface area contributed by atoms with Crippen molar-refractivity contribution in [1.29, 1.82) is 0 Å². The van der Waals surface area contributed by atoms with Crippen LogP contribution in [0, 0.1) is 12.8 Å². The molecule has 2 rings (SSSR count). The molecule has 1 fully saturated rings. The summed E-state index contributed by atoms with van der Waals surface area (Å²) in [6.07, 6.45) is 2.83. The van der Waals surface area contributed by atoms with E-state index in [4.69, 9.17) is 0 Å². The number of sulfonamides is 1. The van der Waals surface area contributed by atoms with E-state index in [-0.39, 0.29) is 16.8 Å². The smallest absolute Gasteiger partial charge is 0.251 e. The van der Waals surface area contributed by atoms with E-state index in [1.165, 1.54) is 6.07 Å². The van der Waals surface area contributed by atoms with Crippen LogP contribution in [0.5, 0.6) is 0 Å². The van der Waals surface area contributed by atoms with Crippen molar-refractivity contribution in [3.8, 4) is 0 Å². The van der Waals surface area contributed by atoms with E-state index in [1.54, 1.807) is 16.4 Å². The predicted molar refractivity (Wildman–Crippen MR) is 95.6 cm³/mol. The van der Waals surface area contributed by atoms with Crippen LogP contribution in [0.2, 0.25) is 0 Å². The Morgan fingerprint density at radius 2 is 2.04 bits per heavy atom. The van der Waals surface area contributed by atoms with E-state index < -0.39 is 10.0 Å². The van der Waals surface area contributed by atoms with Gasteiger partial charge in [-0.05, 0) is 50.3 Å². The van der Waals surface area contributed by atoms with Crippen LogP contribution in [0.3, 0.4) is 0 Å². The Kier molecular flexibility index (Phi) is 6.04. The lowest BCUT2D eigenvalue weighted by molar-refractivity contribution is 0.0948. The van der Waals surface area contributed by atoms with E-state index in [0.717, 1.165) is 24.8 Å². The van der Waals surface area contributed by atoms with Gasteiger partial charge in [-0.2, -0.15) is 4.31 Å². The monoisotopic (exact) mass is 352 g/mol. The number of nitrogens with one attached hydrogen (secondary N) is 1. The van der Waals surface area contributed by atoms with Gasteiger partial charge in [0.25, 0.3) is 5.91 Å². The molecule has 0 spiro atoms. The van der Waals surface area contributed by atoms with E-state index in [1.807, 2.05) is 27.7 Å². The molecule has 1 aliphatic heterocycles. The molecule has 5 nitrogen and oxygen atoms in total. The Bertz CT molecular complexity index is 698. The van der Waals surface area contributed by atoms with Crippen molar-refractivity contribution >= 4 is 15.9 Å². The topological polar surface area (TPSA) is 66.5 Å². The molecule has 0 bridgehead atoms. The normalized spacial score (nSPS) is 19.5. The molecule has 6 heteroatoms. The number of carbonyl (C=O) groups is 1. The Balaban J connectivity index is 2.31. The lowest BCUT2D eigenvalue weighted by atomic mass is 10.1. The van der Waals surface area contributed by atoms with Crippen LogP contribution in [0.1, 0.15) is 56.0 Å². The highest BCUT2D eigenvalue weighted by Gasteiger charge is 2.31. The van der Waals surface area contributed by atoms with Crippen molar-refractivity contribution < 1.29 is 13.2 Å². The van der Waals surface area contributed by atoms with Gasteiger partial charge < -0.3 is 5.32 Å². The van der Waals surface area contributed by atoms with Gasteiger partial charge in [-0.1, -0.05) is 26.3 Å². The number of hydrogen-bond donors (Lipinski definition) is 1. The summed E-state index contributed by atoms with van der Waals surface area (Å²) in [7, 11) is -3.56. The lowest BCUT2D eigenvalue weighted by Gasteiger charge is -2.32. The molecule has 1 atom stereocenters. The van der Waals surface area contributed by atoms with Gasteiger partial charge in [0, 0.05) is 24.7 Å². The predicted octanol–water partition coefficient (Wildman–Crippen LogP) is 2.94. The standard InChI is InChI=1S/C18H28N2O3S/c1-13(2)12-19-18(21)17-11-16(9-8-14(17)3)24(22,23)20-10-6-5-7-15(20)4/h8-9,11,13,15H,5-7,10,12H2,1-4H3,(H,19,21). The maximum Gasteiger partial charge on any atom is 0.251 e. The molecule has 1 N–H and O–H groups in total. The van der Waals surface area contributed by atoms with Crippen LogP contribution in [0.4, 0.5) is 0 Å². The average Bonchev–Trinajstić information content (AvgIpc) is 2.53. The average molecular weight is 353 g/mol. The largest absolute Gasteiger partial charge is 0.352 e. The van der Waals surface area contributed by atoms with Gasteiger partial charge in [0.2, 0.25) is 10.0 Å². The third kappa shape index (κ3) is 4.16. The van der Waals surface area contributed by atoms with Gasteiger partial charge in [0.05, 0.1) is 4.90 Å². The molecule has 0 saturated carbocycles. The van der Waals surface area contributed by atoms with E-state index in [2.05, 4.69) is 5.32 Å². The van der Waals surface area contributed by atoms with Gasteiger partial charge in [-0.15, -0.1) is 0 Å². The molecule has 1 aromatic carbocycles. The quantitative estimate of drug-likeness (QED) is 0.886. The Morgan fingerprint density at radius 1 is 1.33 bits per heavy atom. The highest BCUT2D eigenvalue weighted by atomic mass is 32.2. The third-order valence-corrected chi connectivity index (χ3v) is 6.48. The van der Waals surface area contributed by atoms with Crippen molar-refractivity contribution in [2.75, 3.05) is 13.1 Å². The van der Waals surface area contributed by atoms with Gasteiger partial charge in [-0.3, -0.25) is 4.79 Å². The molecule has 0 aromatic heterocycles. The number of amides is 1. The first-order valence-electron chi connectivity index (χ1n) is 8.64. The number of benzene rings is 1. The van der Waals surface area contributed by atoms with Gasteiger partial charge in [-0.25, -0.2) is 8.42 Å². The minimum atomic E-state index is -3.56. The zero-order chi connectivity index (χ0) is 17.9. The van der Waals surface area contributed by atoms with Gasteiger partial charge in [0.15, 0.2) is 0 Å². The summed E-state index contributed by atoms with van der Waals surface area (Å²) < 4.78 is 27.5. The number of aryl methyl sites for hydroxylation is 1. The zero-order valence-electron chi connectivity index (χ0n) is 15.0. The van der Waals surface area contributed by atoms with E-state index >= 15 is 0 Å². The number of nitrogens with zero attached hydrogens (tertiary/aromatic N) is 1. The second kappa shape index (κ2) is 7.66. The summed E-state index contributed by atoms with van der Waals surface area (Å²) in [6.45, 7) is 8.92. The molecule has 0 aliphatic carbocycles. The molecule has 1 saturated heterocycles. The zero-order valence-corrected chi connectivity index (χ0v) is 15.8. The first-order chi connectivity index (χ1) is 11.2. The fourth-order valence-corrected chi connectivity index (χ4v) is 4.69. The summed E-state index contributed by atoms with van der Waals surface area (Å²) in [5, 5.41) is 2.86. The SMILES string of the molecule is Cc1ccc(S(=O)(=O)N2CCCCC2C)cc1C(=O)NCC(C)C. The number of piperidine rings is 1. The van der Waals surface area contributed by atoms with Crippen molar-refractivity contribution in [3.05, 3.63) is 29.3 Å². The molecule has 1 aromatic rings. The summed E-state index contributed by atoms with van der Waals surface area (Å²) in [4.78, 5) is 12.6. The maximum absolute atomic E-state index is 12.9. The number of rotatable bonds is 5.